The summed E-state index contributed by atoms with van der Waals surface area (Å²) < 4.78 is 5.13. The molecule has 80 valence electrons. The summed E-state index contributed by atoms with van der Waals surface area (Å²) in [5.41, 5.74) is 1.11. The minimum Gasteiger partial charge on any atom is -0.478 e. The average Bonchev–Trinajstić information content (AvgIpc) is 2.67. The lowest BCUT2D eigenvalue weighted by molar-refractivity contribution is -0.154. The van der Waals surface area contributed by atoms with Crippen LogP contribution in [0.5, 0.6) is 0 Å². The molecule has 1 aromatic carbocycles. The van der Waals surface area contributed by atoms with Crippen LogP contribution in [-0.4, -0.2) is 35.4 Å². The summed E-state index contributed by atoms with van der Waals surface area (Å²) >= 11 is 0. The van der Waals surface area contributed by atoms with Crippen molar-refractivity contribution in [3.63, 3.8) is 0 Å². The average molecular weight is 207 g/mol. The van der Waals surface area contributed by atoms with Crippen molar-refractivity contribution in [3.05, 3.63) is 35.9 Å². The first-order valence-corrected chi connectivity index (χ1v) is 4.90. The molecule has 0 bridgehead atoms. The van der Waals surface area contributed by atoms with Gasteiger partial charge in [0.1, 0.15) is 0 Å². The zero-order valence-corrected chi connectivity index (χ0v) is 8.30. The molecule has 1 fully saturated rings. The van der Waals surface area contributed by atoms with Crippen LogP contribution in [0.3, 0.4) is 0 Å². The minimum absolute atomic E-state index is 0.490. The summed E-state index contributed by atoms with van der Waals surface area (Å²) in [6.45, 7) is 1.79. The van der Waals surface area contributed by atoms with Crippen LogP contribution in [-0.2, 0) is 16.1 Å². The number of nitrogens with zero attached hydrogens (tertiary/aromatic N) is 1. The molecule has 1 saturated heterocycles. The van der Waals surface area contributed by atoms with Gasteiger partial charge < -0.3 is 9.84 Å². The Morgan fingerprint density at radius 1 is 1.47 bits per heavy atom. The first-order valence-electron chi connectivity index (χ1n) is 4.90. The number of rotatable bonds is 3. The van der Waals surface area contributed by atoms with Crippen LogP contribution in [0, 0.1) is 0 Å². The van der Waals surface area contributed by atoms with Gasteiger partial charge in [0.15, 0.2) is 0 Å². The highest BCUT2D eigenvalue weighted by molar-refractivity contribution is 5.72. The fourth-order valence-electron chi connectivity index (χ4n) is 1.71. The molecule has 1 aliphatic heterocycles. The second kappa shape index (κ2) is 4.42. The van der Waals surface area contributed by atoms with E-state index in [1.807, 2.05) is 35.2 Å². The Bertz CT molecular complexity index is 339. The van der Waals surface area contributed by atoms with Crippen LogP contribution in [0.25, 0.3) is 0 Å². The maximum absolute atomic E-state index is 10.8. The predicted octanol–water partition coefficient (Wildman–Crippen LogP) is 0.929. The fraction of sp³-hybridized carbons (Fsp3) is 0.364. The van der Waals surface area contributed by atoms with E-state index in [4.69, 9.17) is 9.84 Å². The maximum Gasteiger partial charge on any atom is 0.348 e. The van der Waals surface area contributed by atoms with Gasteiger partial charge in [-0.15, -0.1) is 0 Å². The first-order chi connectivity index (χ1) is 7.27. The van der Waals surface area contributed by atoms with Crippen molar-refractivity contribution in [3.8, 4) is 0 Å². The molecule has 0 radical (unpaired) electrons. The van der Waals surface area contributed by atoms with Gasteiger partial charge in [0, 0.05) is 13.1 Å². The largest absolute Gasteiger partial charge is 0.478 e. The number of carboxylic acids is 1. The van der Waals surface area contributed by atoms with Crippen molar-refractivity contribution in [2.45, 2.75) is 12.8 Å². The van der Waals surface area contributed by atoms with E-state index in [-0.39, 0.29) is 0 Å². The van der Waals surface area contributed by atoms with Crippen molar-refractivity contribution in [1.82, 2.24) is 4.90 Å². The van der Waals surface area contributed by atoms with Crippen molar-refractivity contribution < 1.29 is 14.6 Å². The molecule has 4 nitrogen and oxygen atoms in total. The van der Waals surface area contributed by atoms with E-state index in [1.54, 1.807) is 0 Å². The van der Waals surface area contributed by atoms with Gasteiger partial charge in [0.05, 0.1) is 6.61 Å². The van der Waals surface area contributed by atoms with Crippen molar-refractivity contribution in [1.29, 1.82) is 0 Å². The number of aliphatic carboxylic acids is 1. The molecular formula is C11H13NO3. The molecule has 2 rings (SSSR count). The second-order valence-electron chi connectivity index (χ2n) is 3.52. The van der Waals surface area contributed by atoms with Crippen LogP contribution >= 0.6 is 0 Å². The van der Waals surface area contributed by atoms with Gasteiger partial charge in [0.25, 0.3) is 0 Å². The summed E-state index contributed by atoms with van der Waals surface area (Å²) in [6, 6.07) is 9.80. The Morgan fingerprint density at radius 3 is 2.87 bits per heavy atom. The van der Waals surface area contributed by atoms with Gasteiger partial charge in [-0.1, -0.05) is 30.3 Å². The van der Waals surface area contributed by atoms with E-state index in [1.165, 1.54) is 0 Å². The predicted molar refractivity (Wildman–Crippen MR) is 54.2 cm³/mol. The standard InChI is InChI=1S/C11H13NO3/c13-11(14)10-12(6-7-15-10)8-9-4-2-1-3-5-9/h1-5,10H,6-8H2,(H,13,14)/t10-/m1/s1. The number of hydrogen-bond donors (Lipinski definition) is 1. The Morgan fingerprint density at radius 2 is 2.20 bits per heavy atom. The van der Waals surface area contributed by atoms with Gasteiger partial charge >= 0.3 is 5.97 Å². The topological polar surface area (TPSA) is 49.8 Å². The number of ether oxygens (including phenoxy) is 1. The van der Waals surface area contributed by atoms with Crippen molar-refractivity contribution in [2.24, 2.45) is 0 Å². The van der Waals surface area contributed by atoms with Crippen LogP contribution in [0.2, 0.25) is 0 Å². The molecule has 0 amide bonds. The maximum atomic E-state index is 10.8. The Balaban J connectivity index is 2.03. The lowest BCUT2D eigenvalue weighted by atomic mass is 10.2. The molecule has 0 unspecified atom stereocenters. The van der Waals surface area contributed by atoms with Gasteiger partial charge in [-0.05, 0) is 5.56 Å². The molecular weight excluding hydrogens is 194 g/mol. The third kappa shape index (κ3) is 2.34. The third-order valence-corrected chi connectivity index (χ3v) is 2.43. The van der Waals surface area contributed by atoms with Crippen molar-refractivity contribution >= 4 is 5.97 Å². The normalized spacial score (nSPS) is 21.7. The van der Waals surface area contributed by atoms with Crippen LogP contribution < -0.4 is 0 Å². The quantitative estimate of drug-likeness (QED) is 0.801. The first kappa shape index (κ1) is 10.1. The third-order valence-electron chi connectivity index (χ3n) is 2.43. The van der Waals surface area contributed by atoms with Crippen LogP contribution in [0.1, 0.15) is 5.56 Å². The van der Waals surface area contributed by atoms with Gasteiger partial charge in [-0.3, -0.25) is 4.90 Å². The molecule has 0 aliphatic carbocycles. The summed E-state index contributed by atoms with van der Waals surface area (Å²) in [5.74, 6) is -0.913. The Kier molecular flexibility index (Phi) is 2.99. The number of carboxylic acid groups (broad SMARTS) is 1. The van der Waals surface area contributed by atoms with Gasteiger partial charge in [-0.2, -0.15) is 0 Å². The molecule has 1 aliphatic rings. The van der Waals surface area contributed by atoms with E-state index in [0.717, 1.165) is 5.56 Å². The molecule has 1 N–H and O–H groups in total. The highest BCUT2D eigenvalue weighted by atomic mass is 16.5. The molecule has 1 heterocycles. The van der Waals surface area contributed by atoms with Crippen LogP contribution in [0.4, 0.5) is 0 Å². The minimum atomic E-state index is -0.913. The lowest BCUT2D eigenvalue weighted by Gasteiger charge is -2.18. The molecule has 0 spiro atoms. The Hall–Kier alpha value is -1.39. The lowest BCUT2D eigenvalue weighted by Crippen LogP contribution is -2.36. The van der Waals surface area contributed by atoms with Gasteiger partial charge in [0.2, 0.25) is 6.23 Å². The highest BCUT2D eigenvalue weighted by Crippen LogP contribution is 2.14. The van der Waals surface area contributed by atoms with Crippen molar-refractivity contribution in [2.75, 3.05) is 13.2 Å². The number of carbonyl (C=O) groups is 1. The summed E-state index contributed by atoms with van der Waals surface area (Å²) in [4.78, 5) is 12.7. The SMILES string of the molecule is O=C(O)[C@H]1OCCN1Cc1ccccc1. The van der Waals surface area contributed by atoms with Crippen LogP contribution in [0.15, 0.2) is 30.3 Å². The molecule has 15 heavy (non-hydrogen) atoms. The number of benzene rings is 1. The molecule has 1 aromatic rings. The molecule has 4 heteroatoms. The summed E-state index contributed by atoms with van der Waals surface area (Å²) in [5, 5.41) is 8.90. The van der Waals surface area contributed by atoms with E-state index in [2.05, 4.69) is 0 Å². The molecule has 1 atom stereocenters. The smallest absolute Gasteiger partial charge is 0.348 e. The van der Waals surface area contributed by atoms with Gasteiger partial charge in [-0.25, -0.2) is 4.79 Å². The summed E-state index contributed by atoms with van der Waals surface area (Å²) in [7, 11) is 0. The van der Waals surface area contributed by atoms with E-state index < -0.39 is 12.2 Å². The summed E-state index contributed by atoms with van der Waals surface area (Å²) in [6.07, 6.45) is -0.787. The zero-order chi connectivity index (χ0) is 10.7. The molecule has 0 aromatic heterocycles. The molecule has 0 saturated carbocycles. The van der Waals surface area contributed by atoms with E-state index in [9.17, 15) is 4.79 Å². The second-order valence-corrected chi connectivity index (χ2v) is 3.52. The fourth-order valence-corrected chi connectivity index (χ4v) is 1.71. The zero-order valence-electron chi connectivity index (χ0n) is 8.30. The van der Waals surface area contributed by atoms with E-state index >= 15 is 0 Å². The van der Waals surface area contributed by atoms with E-state index in [0.29, 0.717) is 19.7 Å². The Labute approximate surface area is 88.1 Å². The highest BCUT2D eigenvalue weighted by Gasteiger charge is 2.31. The monoisotopic (exact) mass is 207 g/mol. The number of hydrogen-bond acceptors (Lipinski definition) is 3.